The van der Waals surface area contributed by atoms with Crippen molar-refractivity contribution in [3.05, 3.63) is 77.8 Å². The normalized spacial score (nSPS) is 12.6. The molecule has 0 radical (unpaired) electrons. The molecule has 0 fully saturated rings. The first kappa shape index (κ1) is 17.5. The fourth-order valence-corrected chi connectivity index (χ4v) is 2.60. The summed E-state index contributed by atoms with van der Waals surface area (Å²) >= 11 is 0. The summed E-state index contributed by atoms with van der Waals surface area (Å²) in [6.07, 6.45) is 4.44. The molecule has 3 heterocycles. The highest BCUT2D eigenvalue weighted by Gasteiger charge is 2.18. The Morgan fingerprint density at radius 3 is 2.61 bits per heavy atom. The molecule has 1 aromatic carbocycles. The van der Waals surface area contributed by atoms with Crippen molar-refractivity contribution >= 4 is 17.9 Å². The van der Waals surface area contributed by atoms with Gasteiger partial charge in [0.15, 0.2) is 17.3 Å². The van der Waals surface area contributed by atoms with Crippen LogP contribution in [0.1, 0.15) is 21.9 Å². The summed E-state index contributed by atoms with van der Waals surface area (Å²) in [5.41, 5.74) is 0.707. The van der Waals surface area contributed by atoms with E-state index in [9.17, 15) is 9.59 Å². The first-order chi connectivity index (χ1) is 13.7. The van der Waals surface area contributed by atoms with Gasteiger partial charge in [0.2, 0.25) is 6.79 Å². The van der Waals surface area contributed by atoms with Crippen LogP contribution in [0.5, 0.6) is 11.5 Å². The Hall–Kier alpha value is -3.94. The zero-order chi connectivity index (χ0) is 19.3. The Morgan fingerprint density at radius 2 is 1.82 bits per heavy atom. The highest BCUT2D eigenvalue weighted by Crippen LogP contribution is 2.33. The van der Waals surface area contributed by atoms with Crippen LogP contribution in [-0.2, 0) is 11.3 Å². The second-order valence-electron chi connectivity index (χ2n) is 5.86. The maximum atomic E-state index is 12.7. The quantitative estimate of drug-likeness (QED) is 0.638. The summed E-state index contributed by atoms with van der Waals surface area (Å²) in [6.45, 7) is 0.329. The Balaban J connectivity index is 1.56. The number of rotatable bonds is 6. The van der Waals surface area contributed by atoms with Gasteiger partial charge in [-0.3, -0.25) is 9.59 Å². The zero-order valence-corrected chi connectivity index (χ0v) is 14.6. The molecule has 8 nitrogen and oxygen atoms in total. The number of amides is 2. The number of benzene rings is 1. The molecule has 0 aliphatic carbocycles. The third-order valence-corrected chi connectivity index (χ3v) is 3.95. The molecule has 0 unspecified atom stereocenters. The molecule has 2 amide bonds. The highest BCUT2D eigenvalue weighted by atomic mass is 16.7. The molecule has 2 N–H and O–H groups in total. The molecule has 8 heteroatoms. The van der Waals surface area contributed by atoms with Crippen molar-refractivity contribution in [1.82, 2.24) is 10.6 Å². The highest BCUT2D eigenvalue weighted by molar-refractivity contribution is 6.04. The predicted molar refractivity (Wildman–Crippen MR) is 97.3 cm³/mol. The summed E-state index contributed by atoms with van der Waals surface area (Å²) in [7, 11) is 0. The fraction of sp³-hybridized carbons (Fsp3) is 0.100. The van der Waals surface area contributed by atoms with Gasteiger partial charge in [-0.05, 0) is 48.0 Å². The van der Waals surface area contributed by atoms with Gasteiger partial charge in [0, 0.05) is 0 Å². The average Bonchev–Trinajstić information content (AvgIpc) is 3.47. The van der Waals surface area contributed by atoms with Crippen molar-refractivity contribution in [2.45, 2.75) is 6.54 Å². The van der Waals surface area contributed by atoms with Gasteiger partial charge in [0.05, 0.1) is 19.1 Å². The van der Waals surface area contributed by atoms with Crippen LogP contribution in [0.4, 0.5) is 0 Å². The molecule has 4 rings (SSSR count). The van der Waals surface area contributed by atoms with E-state index < -0.39 is 11.8 Å². The van der Waals surface area contributed by atoms with Crippen LogP contribution in [0.3, 0.4) is 0 Å². The SMILES string of the molecule is O=C(NCc1ccco1)/C(=C/c1ccc2c(c1)OCO2)NC(=O)c1ccco1. The molecule has 0 atom stereocenters. The number of hydrogen-bond acceptors (Lipinski definition) is 6. The molecule has 0 spiro atoms. The maximum absolute atomic E-state index is 12.7. The fourth-order valence-electron chi connectivity index (χ4n) is 2.60. The summed E-state index contributed by atoms with van der Waals surface area (Å²) in [6, 6.07) is 11.8. The lowest BCUT2D eigenvalue weighted by Gasteiger charge is -2.10. The number of furan rings is 2. The van der Waals surface area contributed by atoms with Gasteiger partial charge in [0.25, 0.3) is 11.8 Å². The van der Waals surface area contributed by atoms with E-state index in [1.807, 2.05) is 0 Å². The lowest BCUT2D eigenvalue weighted by Crippen LogP contribution is -2.34. The number of nitrogens with one attached hydrogen (secondary N) is 2. The topological polar surface area (TPSA) is 103 Å². The van der Waals surface area contributed by atoms with Gasteiger partial charge in [-0.1, -0.05) is 6.07 Å². The largest absolute Gasteiger partial charge is 0.467 e. The Labute approximate surface area is 159 Å². The summed E-state index contributed by atoms with van der Waals surface area (Å²) in [5, 5.41) is 5.29. The monoisotopic (exact) mass is 380 g/mol. The van der Waals surface area contributed by atoms with Gasteiger partial charge in [0.1, 0.15) is 11.5 Å². The third-order valence-electron chi connectivity index (χ3n) is 3.95. The van der Waals surface area contributed by atoms with Crippen LogP contribution >= 0.6 is 0 Å². The second kappa shape index (κ2) is 7.75. The van der Waals surface area contributed by atoms with E-state index in [4.69, 9.17) is 18.3 Å². The first-order valence-electron chi connectivity index (χ1n) is 8.46. The number of carbonyl (C=O) groups excluding carboxylic acids is 2. The summed E-state index contributed by atoms with van der Waals surface area (Å²) in [5.74, 6) is 0.865. The molecule has 0 saturated heterocycles. The molecule has 2 aromatic heterocycles. The van der Waals surface area contributed by atoms with E-state index in [0.29, 0.717) is 22.8 Å². The minimum Gasteiger partial charge on any atom is -0.467 e. The third kappa shape index (κ3) is 3.90. The van der Waals surface area contributed by atoms with Gasteiger partial charge in [-0.25, -0.2) is 0 Å². The smallest absolute Gasteiger partial charge is 0.291 e. The lowest BCUT2D eigenvalue weighted by molar-refractivity contribution is -0.118. The van der Waals surface area contributed by atoms with E-state index in [1.165, 1.54) is 18.6 Å². The zero-order valence-electron chi connectivity index (χ0n) is 14.6. The van der Waals surface area contributed by atoms with Crippen LogP contribution in [0.15, 0.2) is 69.5 Å². The Bertz CT molecular complexity index is 1010. The van der Waals surface area contributed by atoms with Crippen LogP contribution in [-0.4, -0.2) is 18.6 Å². The molecular formula is C20H16N2O6. The lowest BCUT2D eigenvalue weighted by atomic mass is 10.1. The van der Waals surface area contributed by atoms with Crippen molar-refractivity contribution in [2.24, 2.45) is 0 Å². The molecule has 3 aromatic rings. The Morgan fingerprint density at radius 1 is 1.00 bits per heavy atom. The van der Waals surface area contributed by atoms with E-state index in [2.05, 4.69) is 10.6 Å². The molecular weight excluding hydrogens is 364 g/mol. The first-order valence-corrected chi connectivity index (χ1v) is 8.46. The number of hydrogen-bond donors (Lipinski definition) is 2. The van der Waals surface area contributed by atoms with E-state index >= 15 is 0 Å². The molecule has 0 saturated carbocycles. The molecule has 142 valence electrons. The van der Waals surface area contributed by atoms with Gasteiger partial charge in [-0.15, -0.1) is 0 Å². The van der Waals surface area contributed by atoms with Crippen LogP contribution in [0.2, 0.25) is 0 Å². The van der Waals surface area contributed by atoms with Crippen molar-refractivity contribution < 1.29 is 27.9 Å². The standard InChI is InChI=1S/C20H16N2O6/c23-19(21-11-14-3-1-7-25-14)15(22-20(24)17-4-2-8-26-17)9-13-5-6-16-18(10-13)28-12-27-16/h1-10H,11-12H2,(H,21,23)(H,22,24)/b15-9-. The van der Waals surface area contributed by atoms with Gasteiger partial charge in [-0.2, -0.15) is 0 Å². The van der Waals surface area contributed by atoms with E-state index in [0.717, 1.165) is 0 Å². The minimum absolute atomic E-state index is 0.0480. The summed E-state index contributed by atoms with van der Waals surface area (Å²) in [4.78, 5) is 25.0. The Kier molecular flexibility index (Phi) is 4.83. The summed E-state index contributed by atoms with van der Waals surface area (Å²) < 4.78 is 20.9. The van der Waals surface area contributed by atoms with E-state index in [-0.39, 0.29) is 24.8 Å². The molecule has 28 heavy (non-hydrogen) atoms. The van der Waals surface area contributed by atoms with Gasteiger partial charge >= 0.3 is 0 Å². The van der Waals surface area contributed by atoms with E-state index in [1.54, 1.807) is 42.5 Å². The predicted octanol–water partition coefficient (Wildman–Crippen LogP) is 2.69. The van der Waals surface area contributed by atoms with Gasteiger partial charge < -0.3 is 28.9 Å². The van der Waals surface area contributed by atoms with Crippen molar-refractivity contribution in [3.8, 4) is 11.5 Å². The molecule has 1 aliphatic heterocycles. The maximum Gasteiger partial charge on any atom is 0.291 e. The van der Waals surface area contributed by atoms with Crippen molar-refractivity contribution in [1.29, 1.82) is 0 Å². The van der Waals surface area contributed by atoms with Crippen LogP contribution in [0, 0.1) is 0 Å². The number of ether oxygens (including phenoxy) is 2. The number of fused-ring (bicyclic) bond motifs is 1. The molecule has 1 aliphatic rings. The average molecular weight is 380 g/mol. The minimum atomic E-state index is -0.537. The van der Waals surface area contributed by atoms with Crippen molar-refractivity contribution in [3.63, 3.8) is 0 Å². The number of carbonyl (C=O) groups is 2. The van der Waals surface area contributed by atoms with Crippen LogP contribution < -0.4 is 20.1 Å². The van der Waals surface area contributed by atoms with Crippen molar-refractivity contribution in [2.75, 3.05) is 6.79 Å². The van der Waals surface area contributed by atoms with Crippen LogP contribution in [0.25, 0.3) is 6.08 Å². The second-order valence-corrected chi connectivity index (χ2v) is 5.86. The molecule has 0 bridgehead atoms.